The second-order valence-corrected chi connectivity index (χ2v) is 3.49. The minimum Gasteiger partial charge on any atom is -0.330 e. The van der Waals surface area contributed by atoms with Crippen LogP contribution in [-0.2, 0) is 0 Å². The van der Waals surface area contributed by atoms with Crippen molar-refractivity contribution in [3.63, 3.8) is 0 Å². The topological polar surface area (TPSA) is 38.0 Å². The van der Waals surface area contributed by atoms with Gasteiger partial charge >= 0.3 is 0 Å². The molecule has 0 saturated carbocycles. The summed E-state index contributed by atoms with van der Waals surface area (Å²) in [6.07, 6.45) is 6.42. The molecule has 1 unspecified atom stereocenters. The minimum atomic E-state index is 0.658. The predicted molar refractivity (Wildman–Crippen MR) is 59.7 cm³/mol. The smallest absolute Gasteiger partial charge is 0.00201 e. The predicted octanol–water partition coefficient (Wildman–Crippen LogP) is 1.69. The van der Waals surface area contributed by atoms with Crippen LogP contribution in [0.15, 0.2) is 24.3 Å². The van der Waals surface area contributed by atoms with E-state index in [9.17, 15) is 0 Å². The number of hydrogen-bond donors (Lipinski definition) is 2. The summed E-state index contributed by atoms with van der Waals surface area (Å²) in [6.45, 7) is 7.63. The van der Waals surface area contributed by atoms with Crippen LogP contribution in [-0.4, -0.2) is 20.1 Å². The van der Waals surface area contributed by atoms with Gasteiger partial charge in [0.2, 0.25) is 0 Å². The Hall–Kier alpha value is -0.600. The molecule has 2 nitrogen and oxygen atoms in total. The summed E-state index contributed by atoms with van der Waals surface area (Å²) in [5.41, 5.74) is 6.63. The highest BCUT2D eigenvalue weighted by molar-refractivity contribution is 5.10. The Balaban J connectivity index is 3.73. The monoisotopic (exact) mass is 182 g/mol. The number of hydrogen-bond acceptors (Lipinski definition) is 2. The van der Waals surface area contributed by atoms with Crippen molar-refractivity contribution in [1.29, 1.82) is 0 Å². The van der Waals surface area contributed by atoms with E-state index in [1.54, 1.807) is 0 Å². The third kappa shape index (κ3) is 7.75. The fraction of sp³-hybridized carbons (Fsp3) is 0.636. The Morgan fingerprint density at radius 2 is 2.31 bits per heavy atom. The molecule has 0 aromatic rings. The molecule has 76 valence electrons. The maximum Gasteiger partial charge on any atom is -0.00201 e. The van der Waals surface area contributed by atoms with Gasteiger partial charge in [-0.25, -0.2) is 0 Å². The lowest BCUT2D eigenvalue weighted by Crippen LogP contribution is -2.21. The normalized spacial score (nSPS) is 13.5. The minimum absolute atomic E-state index is 0.658. The Morgan fingerprint density at radius 3 is 2.77 bits per heavy atom. The van der Waals surface area contributed by atoms with Crippen LogP contribution >= 0.6 is 0 Å². The second-order valence-electron chi connectivity index (χ2n) is 3.49. The zero-order chi connectivity index (χ0) is 10.1. The highest BCUT2D eigenvalue weighted by Gasteiger charge is 2.03. The summed E-state index contributed by atoms with van der Waals surface area (Å²) >= 11 is 0. The van der Waals surface area contributed by atoms with Crippen LogP contribution in [0.1, 0.15) is 19.8 Å². The SMILES string of the molecule is C=C(C)/C=C\CC(CCN)CNC. The molecule has 1 atom stereocenters. The van der Waals surface area contributed by atoms with E-state index in [-0.39, 0.29) is 0 Å². The van der Waals surface area contributed by atoms with Crippen LogP contribution in [0.2, 0.25) is 0 Å². The first-order chi connectivity index (χ1) is 6.20. The van der Waals surface area contributed by atoms with E-state index in [1.807, 2.05) is 14.0 Å². The molecule has 0 radical (unpaired) electrons. The van der Waals surface area contributed by atoms with Gasteiger partial charge in [0.25, 0.3) is 0 Å². The van der Waals surface area contributed by atoms with Gasteiger partial charge in [-0.05, 0) is 45.8 Å². The van der Waals surface area contributed by atoms with Crippen molar-refractivity contribution in [3.05, 3.63) is 24.3 Å². The molecular formula is C11H22N2. The number of nitrogens with two attached hydrogens (primary N) is 1. The zero-order valence-corrected chi connectivity index (χ0v) is 8.84. The van der Waals surface area contributed by atoms with E-state index < -0.39 is 0 Å². The van der Waals surface area contributed by atoms with E-state index in [2.05, 4.69) is 24.0 Å². The molecular weight excluding hydrogens is 160 g/mol. The Morgan fingerprint density at radius 1 is 1.62 bits per heavy atom. The van der Waals surface area contributed by atoms with Crippen LogP contribution in [0.3, 0.4) is 0 Å². The molecule has 0 aromatic carbocycles. The van der Waals surface area contributed by atoms with Crippen LogP contribution < -0.4 is 11.1 Å². The van der Waals surface area contributed by atoms with Crippen LogP contribution in [0.5, 0.6) is 0 Å². The quantitative estimate of drug-likeness (QED) is 0.588. The first kappa shape index (κ1) is 12.4. The summed E-state index contributed by atoms with van der Waals surface area (Å²) in [5.74, 6) is 0.658. The van der Waals surface area contributed by atoms with Gasteiger partial charge in [-0.3, -0.25) is 0 Å². The van der Waals surface area contributed by atoms with Crippen molar-refractivity contribution in [3.8, 4) is 0 Å². The Bertz CT molecular complexity index is 155. The maximum atomic E-state index is 5.52. The van der Waals surface area contributed by atoms with Gasteiger partial charge in [0.05, 0.1) is 0 Å². The largest absolute Gasteiger partial charge is 0.330 e. The molecule has 0 amide bonds. The molecule has 0 aliphatic carbocycles. The van der Waals surface area contributed by atoms with Gasteiger partial charge in [-0.15, -0.1) is 0 Å². The molecule has 0 saturated heterocycles. The lowest BCUT2D eigenvalue weighted by Gasteiger charge is -2.12. The molecule has 0 spiro atoms. The molecule has 0 heterocycles. The first-order valence-corrected chi connectivity index (χ1v) is 4.87. The van der Waals surface area contributed by atoms with Crippen molar-refractivity contribution in [2.45, 2.75) is 19.8 Å². The molecule has 0 rings (SSSR count). The highest BCUT2D eigenvalue weighted by atomic mass is 14.8. The van der Waals surface area contributed by atoms with Gasteiger partial charge < -0.3 is 11.1 Å². The average Bonchev–Trinajstić information content (AvgIpc) is 2.04. The Kier molecular flexibility index (Phi) is 7.65. The number of nitrogens with one attached hydrogen (secondary N) is 1. The molecule has 0 aromatic heterocycles. The number of allylic oxidation sites excluding steroid dienone is 3. The number of rotatable bonds is 7. The van der Waals surface area contributed by atoms with Gasteiger partial charge in [0, 0.05) is 0 Å². The van der Waals surface area contributed by atoms with E-state index in [0.717, 1.165) is 31.5 Å². The fourth-order valence-electron chi connectivity index (χ4n) is 1.29. The molecule has 0 bridgehead atoms. The zero-order valence-electron chi connectivity index (χ0n) is 8.84. The van der Waals surface area contributed by atoms with E-state index in [4.69, 9.17) is 5.73 Å². The van der Waals surface area contributed by atoms with Crippen molar-refractivity contribution in [2.24, 2.45) is 11.7 Å². The van der Waals surface area contributed by atoms with Crippen molar-refractivity contribution < 1.29 is 0 Å². The standard InChI is InChI=1S/C11H22N2/c1-10(2)5-4-6-11(7-8-12)9-13-3/h4-5,11,13H,1,6-9,12H2,2-3H3/b5-4-. The molecule has 0 fully saturated rings. The van der Waals surface area contributed by atoms with E-state index in [1.165, 1.54) is 0 Å². The van der Waals surface area contributed by atoms with E-state index in [0.29, 0.717) is 5.92 Å². The molecule has 13 heavy (non-hydrogen) atoms. The van der Waals surface area contributed by atoms with Crippen LogP contribution in [0.25, 0.3) is 0 Å². The molecule has 0 aliphatic rings. The summed E-state index contributed by atoms with van der Waals surface area (Å²) < 4.78 is 0. The molecule has 2 heteroatoms. The third-order valence-electron chi connectivity index (χ3n) is 1.94. The summed E-state index contributed by atoms with van der Waals surface area (Å²) in [4.78, 5) is 0. The lowest BCUT2D eigenvalue weighted by molar-refractivity contribution is 0.475. The molecule has 3 N–H and O–H groups in total. The van der Waals surface area contributed by atoms with E-state index >= 15 is 0 Å². The fourth-order valence-corrected chi connectivity index (χ4v) is 1.29. The summed E-state index contributed by atoms with van der Waals surface area (Å²) in [6, 6.07) is 0. The molecule has 0 aliphatic heterocycles. The summed E-state index contributed by atoms with van der Waals surface area (Å²) in [5, 5.41) is 3.18. The van der Waals surface area contributed by atoms with Gasteiger partial charge in [0.1, 0.15) is 0 Å². The van der Waals surface area contributed by atoms with Crippen molar-refractivity contribution in [1.82, 2.24) is 5.32 Å². The maximum absolute atomic E-state index is 5.52. The average molecular weight is 182 g/mol. The van der Waals surface area contributed by atoms with Crippen molar-refractivity contribution >= 4 is 0 Å². The van der Waals surface area contributed by atoms with Gasteiger partial charge in [-0.2, -0.15) is 0 Å². The third-order valence-corrected chi connectivity index (χ3v) is 1.94. The second kappa shape index (κ2) is 8.02. The summed E-state index contributed by atoms with van der Waals surface area (Å²) in [7, 11) is 1.98. The van der Waals surface area contributed by atoms with Crippen LogP contribution in [0.4, 0.5) is 0 Å². The van der Waals surface area contributed by atoms with Gasteiger partial charge in [0.15, 0.2) is 0 Å². The first-order valence-electron chi connectivity index (χ1n) is 4.87. The van der Waals surface area contributed by atoms with Crippen LogP contribution in [0, 0.1) is 5.92 Å². The van der Waals surface area contributed by atoms with Crippen molar-refractivity contribution in [2.75, 3.05) is 20.1 Å². The van der Waals surface area contributed by atoms with Gasteiger partial charge in [-0.1, -0.05) is 24.3 Å². The highest BCUT2D eigenvalue weighted by Crippen LogP contribution is 2.07. The Labute approximate surface area is 81.9 Å². The lowest BCUT2D eigenvalue weighted by atomic mass is 10.0.